The molecular formula is C21H20ClN5O4. The predicted octanol–water partition coefficient (Wildman–Crippen LogP) is 2.39. The lowest BCUT2D eigenvalue weighted by molar-refractivity contribution is -0.00202. The molecule has 160 valence electrons. The third-order valence-corrected chi connectivity index (χ3v) is 5.92. The Balaban J connectivity index is 1.24. The van der Waals surface area contributed by atoms with Crippen molar-refractivity contribution < 1.29 is 18.7 Å². The SMILES string of the molecule is O=C(c1ccoc1)N1CCN(C(=O)c2nnn3c2COC(c2ccc(Cl)cc2)C3)CC1. The third kappa shape index (κ3) is 3.82. The summed E-state index contributed by atoms with van der Waals surface area (Å²) in [4.78, 5) is 28.9. The number of piperazine rings is 1. The minimum Gasteiger partial charge on any atom is -0.472 e. The average molecular weight is 442 g/mol. The molecule has 1 saturated heterocycles. The molecule has 2 aromatic heterocycles. The molecule has 0 aliphatic carbocycles. The van der Waals surface area contributed by atoms with Crippen molar-refractivity contribution in [3.8, 4) is 0 Å². The normalized spacial score (nSPS) is 18.7. The highest BCUT2D eigenvalue weighted by Gasteiger charge is 2.32. The zero-order valence-corrected chi connectivity index (χ0v) is 17.4. The number of hydrogen-bond donors (Lipinski definition) is 0. The Kier molecular flexibility index (Phi) is 5.21. The molecule has 31 heavy (non-hydrogen) atoms. The summed E-state index contributed by atoms with van der Waals surface area (Å²) in [5.74, 6) is -0.284. The molecule has 0 radical (unpaired) electrons. The molecule has 4 heterocycles. The van der Waals surface area contributed by atoms with E-state index in [4.69, 9.17) is 20.8 Å². The maximum absolute atomic E-state index is 13.0. The maximum atomic E-state index is 13.0. The lowest BCUT2D eigenvalue weighted by Crippen LogP contribution is -2.50. The summed E-state index contributed by atoms with van der Waals surface area (Å²) in [5, 5.41) is 8.99. The predicted molar refractivity (Wildman–Crippen MR) is 110 cm³/mol. The number of fused-ring (bicyclic) bond motifs is 1. The number of halogens is 1. The van der Waals surface area contributed by atoms with Crippen LogP contribution in [0, 0.1) is 0 Å². The van der Waals surface area contributed by atoms with Gasteiger partial charge in [0.2, 0.25) is 0 Å². The second kappa shape index (κ2) is 8.16. The highest BCUT2D eigenvalue weighted by molar-refractivity contribution is 6.30. The molecule has 1 atom stereocenters. The van der Waals surface area contributed by atoms with Gasteiger partial charge >= 0.3 is 0 Å². The molecule has 2 amide bonds. The number of amides is 2. The van der Waals surface area contributed by atoms with Crippen LogP contribution in [-0.2, 0) is 17.9 Å². The fourth-order valence-electron chi connectivity index (χ4n) is 3.89. The van der Waals surface area contributed by atoms with E-state index in [1.807, 2.05) is 24.3 Å². The Morgan fingerprint density at radius 1 is 1.00 bits per heavy atom. The lowest BCUT2D eigenvalue weighted by atomic mass is 10.1. The Morgan fingerprint density at radius 3 is 2.39 bits per heavy atom. The quantitative estimate of drug-likeness (QED) is 0.619. The zero-order chi connectivity index (χ0) is 21.4. The van der Waals surface area contributed by atoms with E-state index in [9.17, 15) is 9.59 Å². The minimum atomic E-state index is -0.190. The first-order valence-electron chi connectivity index (χ1n) is 10.0. The van der Waals surface area contributed by atoms with Gasteiger partial charge in [0.15, 0.2) is 5.69 Å². The van der Waals surface area contributed by atoms with Crippen LogP contribution in [0.4, 0.5) is 0 Å². The monoisotopic (exact) mass is 441 g/mol. The number of nitrogens with zero attached hydrogens (tertiary/aromatic N) is 5. The molecule has 0 saturated carbocycles. The Bertz CT molecular complexity index is 1090. The van der Waals surface area contributed by atoms with Crippen LogP contribution in [-0.4, -0.2) is 62.8 Å². The second-order valence-electron chi connectivity index (χ2n) is 7.51. The summed E-state index contributed by atoms with van der Waals surface area (Å²) in [6.07, 6.45) is 2.73. The standard InChI is InChI=1S/C21H20ClN5O4/c22-16-3-1-14(2-4-16)18-11-27-17(13-31-18)19(23-24-27)21(29)26-8-6-25(7-9-26)20(28)15-5-10-30-12-15/h1-5,10,12,18H,6-9,11,13H2. The summed E-state index contributed by atoms with van der Waals surface area (Å²) >= 11 is 5.96. The summed E-state index contributed by atoms with van der Waals surface area (Å²) in [6, 6.07) is 9.13. The Morgan fingerprint density at radius 2 is 1.71 bits per heavy atom. The molecule has 9 nitrogen and oxygen atoms in total. The van der Waals surface area contributed by atoms with Crippen molar-refractivity contribution in [2.75, 3.05) is 26.2 Å². The van der Waals surface area contributed by atoms with Crippen molar-refractivity contribution in [1.82, 2.24) is 24.8 Å². The first kappa shape index (κ1) is 19.8. The van der Waals surface area contributed by atoms with Gasteiger partial charge in [0.05, 0.1) is 30.7 Å². The number of carbonyl (C=O) groups is 2. The number of furan rings is 1. The van der Waals surface area contributed by atoms with E-state index in [0.29, 0.717) is 54.7 Å². The number of carbonyl (C=O) groups excluding carboxylic acids is 2. The molecule has 1 aromatic carbocycles. The Labute approximate surface area is 183 Å². The van der Waals surface area contributed by atoms with Crippen molar-refractivity contribution >= 4 is 23.4 Å². The van der Waals surface area contributed by atoms with Crippen LogP contribution < -0.4 is 0 Å². The van der Waals surface area contributed by atoms with Gasteiger partial charge in [0.25, 0.3) is 11.8 Å². The lowest BCUT2D eigenvalue weighted by Gasteiger charge is -2.34. The number of rotatable bonds is 3. The van der Waals surface area contributed by atoms with E-state index in [2.05, 4.69) is 10.3 Å². The van der Waals surface area contributed by atoms with Crippen LogP contribution in [0.5, 0.6) is 0 Å². The molecule has 1 fully saturated rings. The van der Waals surface area contributed by atoms with Crippen molar-refractivity contribution in [2.24, 2.45) is 0 Å². The molecule has 2 aliphatic heterocycles. The van der Waals surface area contributed by atoms with Crippen molar-refractivity contribution in [2.45, 2.75) is 19.3 Å². The Hall–Kier alpha value is -3.17. The van der Waals surface area contributed by atoms with Crippen LogP contribution in [0.2, 0.25) is 5.02 Å². The third-order valence-electron chi connectivity index (χ3n) is 5.66. The maximum Gasteiger partial charge on any atom is 0.276 e. The molecule has 3 aromatic rings. The van der Waals surface area contributed by atoms with Gasteiger partial charge in [-0.1, -0.05) is 28.9 Å². The van der Waals surface area contributed by atoms with E-state index in [1.54, 1.807) is 20.5 Å². The van der Waals surface area contributed by atoms with Crippen LogP contribution in [0.1, 0.15) is 38.2 Å². The number of hydrogen-bond acceptors (Lipinski definition) is 6. The van der Waals surface area contributed by atoms with Gasteiger partial charge in [-0.2, -0.15) is 0 Å². The van der Waals surface area contributed by atoms with Crippen molar-refractivity contribution in [3.63, 3.8) is 0 Å². The first-order chi connectivity index (χ1) is 15.1. The largest absolute Gasteiger partial charge is 0.472 e. The van der Waals surface area contributed by atoms with Crippen LogP contribution in [0.25, 0.3) is 0 Å². The van der Waals surface area contributed by atoms with Crippen LogP contribution >= 0.6 is 11.6 Å². The molecule has 2 aliphatic rings. The fraction of sp³-hybridized carbons (Fsp3) is 0.333. The smallest absolute Gasteiger partial charge is 0.276 e. The first-order valence-corrected chi connectivity index (χ1v) is 10.4. The summed E-state index contributed by atoms with van der Waals surface area (Å²) in [7, 11) is 0. The molecule has 10 heteroatoms. The summed E-state index contributed by atoms with van der Waals surface area (Å²) in [5.41, 5.74) is 2.49. The fourth-order valence-corrected chi connectivity index (χ4v) is 4.01. The number of aromatic nitrogens is 3. The minimum absolute atomic E-state index is 0.0940. The van der Waals surface area contributed by atoms with Gasteiger partial charge in [-0.05, 0) is 23.8 Å². The van der Waals surface area contributed by atoms with Crippen molar-refractivity contribution in [1.29, 1.82) is 0 Å². The number of benzene rings is 1. The molecule has 5 rings (SSSR count). The molecule has 1 unspecified atom stereocenters. The van der Waals surface area contributed by atoms with Gasteiger partial charge in [0.1, 0.15) is 12.4 Å². The van der Waals surface area contributed by atoms with E-state index in [-0.39, 0.29) is 24.5 Å². The second-order valence-corrected chi connectivity index (χ2v) is 7.95. The van der Waals surface area contributed by atoms with Crippen LogP contribution in [0.3, 0.4) is 0 Å². The van der Waals surface area contributed by atoms with Gasteiger partial charge in [-0.25, -0.2) is 4.68 Å². The number of ether oxygens (including phenoxy) is 1. The molecule has 0 N–H and O–H groups in total. The van der Waals surface area contributed by atoms with Crippen LogP contribution in [0.15, 0.2) is 47.3 Å². The van der Waals surface area contributed by atoms with Gasteiger partial charge in [-0.3, -0.25) is 9.59 Å². The summed E-state index contributed by atoms with van der Waals surface area (Å²) in [6.45, 7) is 2.50. The van der Waals surface area contributed by atoms with Gasteiger partial charge < -0.3 is 19.0 Å². The molecular weight excluding hydrogens is 422 g/mol. The van der Waals surface area contributed by atoms with E-state index in [0.717, 1.165) is 5.56 Å². The van der Waals surface area contributed by atoms with E-state index < -0.39 is 0 Å². The molecule has 0 spiro atoms. The average Bonchev–Trinajstić information content (AvgIpc) is 3.49. The zero-order valence-electron chi connectivity index (χ0n) is 16.6. The van der Waals surface area contributed by atoms with Gasteiger partial charge in [0, 0.05) is 31.2 Å². The summed E-state index contributed by atoms with van der Waals surface area (Å²) < 4.78 is 12.7. The highest BCUT2D eigenvalue weighted by Crippen LogP contribution is 2.28. The topological polar surface area (TPSA) is 93.7 Å². The highest BCUT2D eigenvalue weighted by atomic mass is 35.5. The van der Waals surface area contributed by atoms with E-state index >= 15 is 0 Å². The molecule has 0 bridgehead atoms. The van der Waals surface area contributed by atoms with Crippen molar-refractivity contribution in [3.05, 3.63) is 70.4 Å². The van der Waals surface area contributed by atoms with Gasteiger partial charge in [-0.15, -0.1) is 5.10 Å². The van der Waals surface area contributed by atoms with E-state index in [1.165, 1.54) is 12.5 Å².